The summed E-state index contributed by atoms with van der Waals surface area (Å²) in [6.07, 6.45) is 3.50. The van der Waals surface area contributed by atoms with E-state index in [1.165, 1.54) is 13.2 Å². The standard InChI is InChI=1S/C18H22N4O8S/c1-29-13-6-5-11(31(19,27)28)9-12(13)15(24)30-10-14(23)21-22-16(25)18(20-17(22)26)7-3-2-4-8-18/h5-6,9H,2-4,7-8,10H2,1H3,(H,20,26)(H,21,23)(H2,19,27,28). The van der Waals surface area contributed by atoms with Crippen LogP contribution in [0.5, 0.6) is 5.75 Å². The second-order valence-electron chi connectivity index (χ2n) is 7.23. The summed E-state index contributed by atoms with van der Waals surface area (Å²) in [6, 6.07) is 2.57. The molecule has 1 aromatic carbocycles. The monoisotopic (exact) mass is 454 g/mol. The average Bonchev–Trinajstić information content (AvgIpc) is 2.95. The van der Waals surface area contributed by atoms with Gasteiger partial charge in [0, 0.05) is 0 Å². The molecule has 4 amide bonds. The van der Waals surface area contributed by atoms with Gasteiger partial charge in [-0.1, -0.05) is 19.3 Å². The van der Waals surface area contributed by atoms with Gasteiger partial charge in [0.1, 0.15) is 16.9 Å². The molecule has 13 heteroatoms. The highest BCUT2D eigenvalue weighted by Gasteiger charge is 2.52. The van der Waals surface area contributed by atoms with Gasteiger partial charge in [0.15, 0.2) is 6.61 Å². The first-order chi connectivity index (χ1) is 14.6. The van der Waals surface area contributed by atoms with Crippen molar-refractivity contribution < 1.29 is 37.1 Å². The lowest BCUT2D eigenvalue weighted by Gasteiger charge is -2.30. The number of nitrogens with one attached hydrogen (secondary N) is 2. The maximum atomic E-state index is 12.6. The number of nitrogens with zero attached hydrogens (tertiary/aromatic N) is 1. The van der Waals surface area contributed by atoms with Crippen molar-refractivity contribution in [1.29, 1.82) is 0 Å². The summed E-state index contributed by atoms with van der Waals surface area (Å²) in [5.74, 6) is -2.53. The van der Waals surface area contributed by atoms with Gasteiger partial charge in [-0.3, -0.25) is 15.0 Å². The third-order valence-corrected chi connectivity index (χ3v) is 6.07. The smallest absolute Gasteiger partial charge is 0.344 e. The van der Waals surface area contributed by atoms with Gasteiger partial charge in [0.05, 0.1) is 12.0 Å². The number of amides is 4. The molecule has 0 aromatic heterocycles. The molecule has 1 spiro atoms. The van der Waals surface area contributed by atoms with Crippen LogP contribution >= 0.6 is 0 Å². The quantitative estimate of drug-likeness (QED) is 0.391. The number of hydrogen-bond acceptors (Lipinski definition) is 8. The minimum absolute atomic E-state index is 0.00569. The number of benzene rings is 1. The Balaban J connectivity index is 1.64. The number of methoxy groups -OCH3 is 1. The summed E-state index contributed by atoms with van der Waals surface area (Å²) >= 11 is 0. The Morgan fingerprint density at radius 2 is 1.90 bits per heavy atom. The van der Waals surface area contributed by atoms with Crippen molar-refractivity contribution in [2.45, 2.75) is 42.5 Å². The Morgan fingerprint density at radius 3 is 2.52 bits per heavy atom. The van der Waals surface area contributed by atoms with Crippen molar-refractivity contribution in [3.8, 4) is 5.75 Å². The van der Waals surface area contributed by atoms with Crippen LogP contribution in [0, 0.1) is 0 Å². The minimum atomic E-state index is -4.09. The molecule has 1 saturated carbocycles. The van der Waals surface area contributed by atoms with Crippen molar-refractivity contribution in [2.24, 2.45) is 5.14 Å². The molecule has 12 nitrogen and oxygen atoms in total. The van der Waals surface area contributed by atoms with Crippen LogP contribution in [0.15, 0.2) is 23.1 Å². The first kappa shape index (κ1) is 22.5. The number of carbonyl (C=O) groups excluding carboxylic acids is 4. The van der Waals surface area contributed by atoms with E-state index < -0.39 is 46.0 Å². The molecular weight excluding hydrogens is 432 g/mol. The summed E-state index contributed by atoms with van der Waals surface area (Å²) in [7, 11) is -2.83. The van der Waals surface area contributed by atoms with Crippen LogP contribution in [-0.4, -0.2) is 56.5 Å². The van der Waals surface area contributed by atoms with E-state index >= 15 is 0 Å². The highest BCUT2D eigenvalue weighted by Crippen LogP contribution is 2.33. The van der Waals surface area contributed by atoms with Gasteiger partial charge in [0.25, 0.3) is 11.8 Å². The molecule has 4 N–H and O–H groups in total. The average molecular weight is 454 g/mol. The fourth-order valence-corrected chi connectivity index (χ4v) is 4.15. The Kier molecular flexibility index (Phi) is 6.18. The van der Waals surface area contributed by atoms with Crippen molar-refractivity contribution >= 4 is 33.8 Å². The van der Waals surface area contributed by atoms with E-state index in [2.05, 4.69) is 10.7 Å². The molecule has 0 radical (unpaired) electrons. The molecule has 1 aromatic rings. The van der Waals surface area contributed by atoms with Crippen LogP contribution in [0.3, 0.4) is 0 Å². The SMILES string of the molecule is COc1ccc(S(N)(=O)=O)cc1C(=O)OCC(=O)NN1C(=O)NC2(CCCCC2)C1=O. The third kappa shape index (κ3) is 4.61. The van der Waals surface area contributed by atoms with Crippen molar-refractivity contribution in [2.75, 3.05) is 13.7 Å². The fraction of sp³-hybridized carbons (Fsp3) is 0.444. The molecule has 2 fully saturated rings. The predicted molar refractivity (Wildman–Crippen MR) is 104 cm³/mol. The first-order valence-corrected chi connectivity index (χ1v) is 11.0. The fourth-order valence-electron chi connectivity index (χ4n) is 3.61. The summed E-state index contributed by atoms with van der Waals surface area (Å²) in [5.41, 5.74) is 0.851. The summed E-state index contributed by atoms with van der Waals surface area (Å²) in [4.78, 5) is 49.0. The number of carbonyl (C=O) groups is 4. The molecule has 3 rings (SSSR count). The second-order valence-corrected chi connectivity index (χ2v) is 8.79. The van der Waals surface area contributed by atoms with Crippen molar-refractivity contribution in [3.63, 3.8) is 0 Å². The molecular formula is C18H22N4O8S. The summed E-state index contributed by atoms with van der Waals surface area (Å²) in [5, 5.41) is 8.27. The Bertz CT molecular complexity index is 1030. The lowest BCUT2D eigenvalue weighted by atomic mass is 9.82. The molecule has 0 unspecified atom stereocenters. The van der Waals surface area contributed by atoms with E-state index in [-0.39, 0.29) is 16.2 Å². The third-order valence-electron chi connectivity index (χ3n) is 5.16. The van der Waals surface area contributed by atoms with Gasteiger partial charge in [0.2, 0.25) is 10.0 Å². The van der Waals surface area contributed by atoms with Crippen LogP contribution in [0.25, 0.3) is 0 Å². The highest BCUT2D eigenvalue weighted by molar-refractivity contribution is 7.89. The number of esters is 1. The number of ether oxygens (including phenoxy) is 2. The van der Waals surface area contributed by atoms with E-state index in [1.54, 1.807) is 0 Å². The topological polar surface area (TPSA) is 174 Å². The van der Waals surface area contributed by atoms with Gasteiger partial charge < -0.3 is 14.8 Å². The van der Waals surface area contributed by atoms with E-state index in [1.807, 2.05) is 0 Å². The molecule has 1 aliphatic heterocycles. The molecule has 2 aliphatic rings. The number of imide groups is 1. The lowest BCUT2D eigenvalue weighted by Crippen LogP contribution is -2.51. The van der Waals surface area contributed by atoms with Gasteiger partial charge >= 0.3 is 12.0 Å². The maximum Gasteiger partial charge on any atom is 0.344 e. The van der Waals surface area contributed by atoms with Crippen LogP contribution in [0.2, 0.25) is 0 Å². The lowest BCUT2D eigenvalue weighted by molar-refractivity contribution is -0.140. The number of primary sulfonamides is 1. The number of urea groups is 1. The Morgan fingerprint density at radius 1 is 1.23 bits per heavy atom. The molecule has 31 heavy (non-hydrogen) atoms. The maximum absolute atomic E-state index is 12.6. The summed E-state index contributed by atoms with van der Waals surface area (Å²) < 4.78 is 32.9. The zero-order valence-corrected chi connectivity index (χ0v) is 17.5. The number of hydrazine groups is 1. The largest absolute Gasteiger partial charge is 0.496 e. The van der Waals surface area contributed by atoms with E-state index in [0.717, 1.165) is 31.4 Å². The second kappa shape index (κ2) is 8.51. The Labute approximate surface area is 178 Å². The number of hydrogen-bond donors (Lipinski definition) is 3. The van der Waals surface area contributed by atoms with Crippen LogP contribution in [0.1, 0.15) is 42.5 Å². The van der Waals surface area contributed by atoms with Crippen LogP contribution in [-0.2, 0) is 24.3 Å². The zero-order valence-electron chi connectivity index (χ0n) is 16.7. The van der Waals surface area contributed by atoms with Gasteiger partial charge in [-0.2, -0.15) is 5.01 Å². The molecule has 0 atom stereocenters. The van der Waals surface area contributed by atoms with Gasteiger partial charge in [-0.25, -0.2) is 23.1 Å². The van der Waals surface area contributed by atoms with Crippen LogP contribution < -0.4 is 20.6 Å². The van der Waals surface area contributed by atoms with Crippen molar-refractivity contribution in [1.82, 2.24) is 15.8 Å². The molecule has 1 heterocycles. The predicted octanol–water partition coefficient (Wildman–Crippen LogP) is -0.215. The zero-order chi connectivity index (χ0) is 22.8. The summed E-state index contributed by atoms with van der Waals surface area (Å²) in [6.45, 7) is -0.828. The van der Waals surface area contributed by atoms with Crippen LogP contribution in [0.4, 0.5) is 4.79 Å². The van der Waals surface area contributed by atoms with Gasteiger partial charge in [-0.05, 0) is 31.0 Å². The van der Waals surface area contributed by atoms with Gasteiger partial charge in [-0.15, -0.1) is 0 Å². The van der Waals surface area contributed by atoms with Crippen molar-refractivity contribution in [3.05, 3.63) is 23.8 Å². The molecule has 1 aliphatic carbocycles. The molecule has 1 saturated heterocycles. The van der Waals surface area contributed by atoms with E-state index in [9.17, 15) is 27.6 Å². The Hall–Kier alpha value is -3.19. The normalized spacial score (nSPS) is 17.9. The highest BCUT2D eigenvalue weighted by atomic mass is 32.2. The van der Waals surface area contributed by atoms with E-state index in [0.29, 0.717) is 17.9 Å². The van der Waals surface area contributed by atoms with E-state index in [4.69, 9.17) is 14.6 Å². The number of rotatable bonds is 6. The first-order valence-electron chi connectivity index (χ1n) is 9.41. The molecule has 168 valence electrons. The number of nitrogens with two attached hydrogens (primary N) is 1. The number of sulfonamides is 1. The molecule has 0 bridgehead atoms. The minimum Gasteiger partial charge on any atom is -0.496 e.